The third-order valence-electron chi connectivity index (χ3n) is 3.95. The maximum atomic E-state index is 5.47. The molecule has 0 amide bonds. The monoisotopic (exact) mass is 294 g/mol. The van der Waals surface area contributed by atoms with Gasteiger partial charge in [0.25, 0.3) is 0 Å². The number of methoxy groups -OCH3 is 1. The molecule has 3 aromatic rings. The minimum absolute atomic E-state index is 0.859. The molecule has 2 aromatic heterocycles. The van der Waals surface area contributed by atoms with Crippen LogP contribution in [0.4, 0.5) is 0 Å². The van der Waals surface area contributed by atoms with Crippen LogP contribution in [-0.4, -0.2) is 16.5 Å². The van der Waals surface area contributed by atoms with Crippen LogP contribution in [0.25, 0.3) is 16.9 Å². The zero-order chi connectivity index (χ0) is 15.5. The molecule has 0 atom stereocenters. The summed E-state index contributed by atoms with van der Waals surface area (Å²) in [4.78, 5) is 4.87. The van der Waals surface area contributed by atoms with Crippen LogP contribution in [0.15, 0.2) is 42.7 Å². The first kappa shape index (κ1) is 14.6. The third-order valence-corrected chi connectivity index (χ3v) is 3.95. The lowest BCUT2D eigenvalue weighted by molar-refractivity contribution is 0.416. The molecule has 1 aromatic carbocycles. The SMILES string of the molecule is CCCCc1cc(C)cn2cc(-c3ccccc3OC)nc12. The Morgan fingerprint density at radius 1 is 1.18 bits per heavy atom. The number of aryl methyl sites for hydroxylation is 2. The molecule has 0 aliphatic rings. The van der Waals surface area contributed by atoms with Crippen LogP contribution >= 0.6 is 0 Å². The molecule has 0 radical (unpaired) electrons. The summed E-state index contributed by atoms with van der Waals surface area (Å²) in [5, 5.41) is 0. The molecule has 114 valence electrons. The Morgan fingerprint density at radius 2 is 2.00 bits per heavy atom. The van der Waals surface area contributed by atoms with E-state index in [0.29, 0.717) is 0 Å². The normalized spacial score (nSPS) is 11.0. The number of hydrogen-bond acceptors (Lipinski definition) is 2. The fourth-order valence-corrected chi connectivity index (χ4v) is 2.86. The minimum Gasteiger partial charge on any atom is -0.496 e. The highest BCUT2D eigenvalue weighted by atomic mass is 16.5. The molecule has 0 N–H and O–H groups in total. The van der Waals surface area contributed by atoms with Crippen molar-refractivity contribution in [1.29, 1.82) is 0 Å². The van der Waals surface area contributed by atoms with E-state index in [1.54, 1.807) is 7.11 Å². The Bertz CT molecular complexity index is 789. The number of hydrogen-bond donors (Lipinski definition) is 0. The molecular weight excluding hydrogens is 272 g/mol. The summed E-state index contributed by atoms with van der Waals surface area (Å²) in [6, 6.07) is 10.3. The summed E-state index contributed by atoms with van der Waals surface area (Å²) in [6.45, 7) is 4.36. The van der Waals surface area contributed by atoms with Crippen LogP contribution in [0.1, 0.15) is 30.9 Å². The van der Waals surface area contributed by atoms with Crippen molar-refractivity contribution in [3.05, 3.63) is 53.9 Å². The zero-order valence-corrected chi connectivity index (χ0v) is 13.5. The maximum Gasteiger partial charge on any atom is 0.140 e. The number of unbranched alkanes of at least 4 members (excludes halogenated alkanes) is 1. The van der Waals surface area contributed by atoms with Crippen molar-refractivity contribution in [2.24, 2.45) is 0 Å². The smallest absolute Gasteiger partial charge is 0.140 e. The lowest BCUT2D eigenvalue weighted by Crippen LogP contribution is -1.94. The second kappa shape index (κ2) is 6.22. The van der Waals surface area contributed by atoms with Gasteiger partial charge in [0, 0.05) is 18.0 Å². The van der Waals surface area contributed by atoms with Crippen LogP contribution < -0.4 is 4.74 Å². The van der Waals surface area contributed by atoms with Crippen LogP contribution in [-0.2, 0) is 6.42 Å². The molecule has 3 nitrogen and oxygen atoms in total. The van der Waals surface area contributed by atoms with E-state index in [-0.39, 0.29) is 0 Å². The topological polar surface area (TPSA) is 26.5 Å². The van der Waals surface area contributed by atoms with Gasteiger partial charge in [-0.1, -0.05) is 31.5 Å². The Hall–Kier alpha value is -2.29. The Balaban J connectivity index is 2.13. The van der Waals surface area contributed by atoms with Crippen molar-refractivity contribution in [2.75, 3.05) is 7.11 Å². The van der Waals surface area contributed by atoms with Gasteiger partial charge < -0.3 is 9.14 Å². The van der Waals surface area contributed by atoms with Crippen LogP contribution in [0, 0.1) is 6.92 Å². The molecule has 0 spiro atoms. The first-order valence-electron chi connectivity index (χ1n) is 7.84. The highest BCUT2D eigenvalue weighted by Crippen LogP contribution is 2.30. The molecule has 0 unspecified atom stereocenters. The van der Waals surface area contributed by atoms with Gasteiger partial charge in [-0.3, -0.25) is 0 Å². The summed E-state index contributed by atoms with van der Waals surface area (Å²) in [7, 11) is 1.70. The largest absolute Gasteiger partial charge is 0.496 e. The van der Waals surface area contributed by atoms with Crippen molar-refractivity contribution >= 4 is 5.65 Å². The predicted octanol–water partition coefficient (Wildman–Crippen LogP) is 4.66. The number of fused-ring (bicyclic) bond motifs is 1. The average Bonchev–Trinajstić information content (AvgIpc) is 2.96. The molecule has 3 heteroatoms. The van der Waals surface area contributed by atoms with Gasteiger partial charge in [0.15, 0.2) is 0 Å². The number of rotatable bonds is 5. The second-order valence-corrected chi connectivity index (χ2v) is 5.70. The summed E-state index contributed by atoms with van der Waals surface area (Å²) >= 11 is 0. The summed E-state index contributed by atoms with van der Waals surface area (Å²) < 4.78 is 7.61. The lowest BCUT2D eigenvalue weighted by atomic mass is 10.1. The molecule has 0 aliphatic carbocycles. The molecule has 0 saturated heterocycles. The van der Waals surface area contributed by atoms with Crippen LogP contribution in [0.2, 0.25) is 0 Å². The molecule has 0 saturated carbocycles. The number of ether oxygens (including phenoxy) is 1. The second-order valence-electron chi connectivity index (χ2n) is 5.70. The van der Waals surface area contributed by atoms with Crippen molar-refractivity contribution in [1.82, 2.24) is 9.38 Å². The highest BCUT2D eigenvalue weighted by molar-refractivity contribution is 5.70. The van der Waals surface area contributed by atoms with Crippen LogP contribution in [0.3, 0.4) is 0 Å². The molecule has 0 bridgehead atoms. The molecule has 3 rings (SSSR count). The number of nitrogens with zero attached hydrogens (tertiary/aromatic N) is 2. The van der Waals surface area contributed by atoms with E-state index in [0.717, 1.165) is 29.1 Å². The molecule has 2 heterocycles. The predicted molar refractivity (Wildman–Crippen MR) is 90.5 cm³/mol. The Morgan fingerprint density at radius 3 is 2.77 bits per heavy atom. The van der Waals surface area contributed by atoms with Crippen LogP contribution in [0.5, 0.6) is 5.75 Å². The highest BCUT2D eigenvalue weighted by Gasteiger charge is 2.12. The fraction of sp³-hybridized carbons (Fsp3) is 0.316. The van der Waals surface area contributed by atoms with E-state index in [1.165, 1.54) is 24.0 Å². The summed E-state index contributed by atoms with van der Waals surface area (Å²) in [5.41, 5.74) is 5.64. The first-order chi connectivity index (χ1) is 10.7. The summed E-state index contributed by atoms with van der Waals surface area (Å²) in [5.74, 6) is 0.859. The zero-order valence-electron chi connectivity index (χ0n) is 13.5. The number of imidazole rings is 1. The van der Waals surface area contributed by atoms with Gasteiger partial charge in [-0.25, -0.2) is 4.98 Å². The van der Waals surface area contributed by atoms with E-state index in [1.807, 2.05) is 18.2 Å². The van der Waals surface area contributed by atoms with Crippen molar-refractivity contribution < 1.29 is 4.74 Å². The molecule has 22 heavy (non-hydrogen) atoms. The minimum atomic E-state index is 0.859. The molecule has 0 aliphatic heterocycles. The van der Waals surface area contributed by atoms with Gasteiger partial charge in [-0.05, 0) is 43.0 Å². The van der Waals surface area contributed by atoms with Gasteiger partial charge in [0.05, 0.1) is 12.8 Å². The van der Waals surface area contributed by atoms with Gasteiger partial charge in [-0.2, -0.15) is 0 Å². The van der Waals surface area contributed by atoms with E-state index >= 15 is 0 Å². The van der Waals surface area contributed by atoms with Gasteiger partial charge >= 0.3 is 0 Å². The van der Waals surface area contributed by atoms with Gasteiger partial charge in [0.1, 0.15) is 11.4 Å². The molecular formula is C19H22N2O. The summed E-state index contributed by atoms with van der Waals surface area (Å²) in [6.07, 6.45) is 7.69. The van der Waals surface area contributed by atoms with E-state index < -0.39 is 0 Å². The van der Waals surface area contributed by atoms with Crippen molar-refractivity contribution in [3.63, 3.8) is 0 Å². The average molecular weight is 294 g/mol. The van der Waals surface area contributed by atoms with Gasteiger partial charge in [-0.15, -0.1) is 0 Å². The Kier molecular flexibility index (Phi) is 4.14. The lowest BCUT2D eigenvalue weighted by Gasteiger charge is -2.05. The number of benzene rings is 1. The standard InChI is InChI=1S/C19H22N2O/c1-4-5-8-15-11-14(2)12-21-13-17(20-19(15)21)16-9-6-7-10-18(16)22-3/h6-7,9-13H,4-5,8H2,1-3H3. The first-order valence-corrected chi connectivity index (χ1v) is 7.84. The number of aromatic nitrogens is 2. The third kappa shape index (κ3) is 2.71. The van der Waals surface area contributed by atoms with Crippen molar-refractivity contribution in [3.8, 4) is 17.0 Å². The van der Waals surface area contributed by atoms with Gasteiger partial charge in [0.2, 0.25) is 0 Å². The molecule has 0 fully saturated rings. The maximum absolute atomic E-state index is 5.47. The Labute approximate surface area is 131 Å². The van der Waals surface area contributed by atoms with E-state index in [2.05, 4.69) is 42.8 Å². The fourth-order valence-electron chi connectivity index (χ4n) is 2.86. The number of pyridine rings is 1. The quantitative estimate of drug-likeness (QED) is 0.684. The van der Waals surface area contributed by atoms with E-state index in [4.69, 9.17) is 9.72 Å². The van der Waals surface area contributed by atoms with Crippen molar-refractivity contribution in [2.45, 2.75) is 33.1 Å². The van der Waals surface area contributed by atoms with E-state index in [9.17, 15) is 0 Å². The number of para-hydroxylation sites is 1.